The summed E-state index contributed by atoms with van der Waals surface area (Å²) < 4.78 is 28.8. The Labute approximate surface area is 187 Å². The number of amides is 1. The average Bonchev–Trinajstić information content (AvgIpc) is 3.11. The SMILES string of the molecule is CCN(C(=O)COC(=O)/C(=C/c1ccccc1)c1ccc(Cl)cc1)C1CCS(=O)(=O)C1. The van der Waals surface area contributed by atoms with E-state index in [1.807, 2.05) is 30.3 Å². The molecule has 0 saturated carbocycles. The van der Waals surface area contributed by atoms with Gasteiger partial charge in [0.1, 0.15) is 0 Å². The molecular weight excluding hydrogens is 438 g/mol. The van der Waals surface area contributed by atoms with Crippen LogP contribution in [0.1, 0.15) is 24.5 Å². The highest BCUT2D eigenvalue weighted by atomic mass is 35.5. The number of esters is 1. The summed E-state index contributed by atoms with van der Waals surface area (Å²) in [6.45, 7) is 1.67. The number of hydrogen-bond acceptors (Lipinski definition) is 5. The van der Waals surface area contributed by atoms with Gasteiger partial charge in [0.05, 0.1) is 17.1 Å². The van der Waals surface area contributed by atoms with Crippen LogP contribution in [0.5, 0.6) is 0 Å². The molecule has 0 bridgehead atoms. The van der Waals surface area contributed by atoms with Crippen LogP contribution in [0.2, 0.25) is 5.02 Å². The van der Waals surface area contributed by atoms with Gasteiger partial charge in [-0.3, -0.25) is 4.79 Å². The van der Waals surface area contributed by atoms with E-state index in [1.165, 1.54) is 4.90 Å². The first-order valence-electron chi connectivity index (χ1n) is 9.99. The smallest absolute Gasteiger partial charge is 0.339 e. The monoisotopic (exact) mass is 461 g/mol. The summed E-state index contributed by atoms with van der Waals surface area (Å²) in [5.41, 5.74) is 1.71. The van der Waals surface area contributed by atoms with E-state index in [2.05, 4.69) is 0 Å². The fourth-order valence-electron chi connectivity index (χ4n) is 3.55. The number of ether oxygens (including phenoxy) is 1. The lowest BCUT2D eigenvalue weighted by molar-refractivity contribution is -0.148. The Balaban J connectivity index is 1.75. The van der Waals surface area contributed by atoms with Gasteiger partial charge in [-0.1, -0.05) is 54.1 Å². The Bertz CT molecular complexity index is 1060. The fourth-order valence-corrected chi connectivity index (χ4v) is 5.41. The van der Waals surface area contributed by atoms with Gasteiger partial charge < -0.3 is 9.64 Å². The molecule has 0 aliphatic carbocycles. The van der Waals surface area contributed by atoms with Crippen LogP contribution in [0.4, 0.5) is 0 Å². The van der Waals surface area contributed by atoms with Gasteiger partial charge in [0.25, 0.3) is 5.91 Å². The molecule has 2 aromatic carbocycles. The topological polar surface area (TPSA) is 80.8 Å². The number of benzene rings is 2. The van der Waals surface area contributed by atoms with E-state index in [0.717, 1.165) is 5.56 Å². The molecule has 1 fully saturated rings. The van der Waals surface area contributed by atoms with Crippen molar-refractivity contribution < 1.29 is 22.7 Å². The van der Waals surface area contributed by atoms with Crippen LogP contribution in [0.25, 0.3) is 11.6 Å². The molecule has 3 rings (SSSR count). The van der Waals surface area contributed by atoms with E-state index >= 15 is 0 Å². The summed E-state index contributed by atoms with van der Waals surface area (Å²) in [6, 6.07) is 15.7. The molecule has 2 aromatic rings. The summed E-state index contributed by atoms with van der Waals surface area (Å²) in [7, 11) is -3.12. The van der Waals surface area contributed by atoms with Crippen LogP contribution in [0.15, 0.2) is 54.6 Å². The first kappa shape index (κ1) is 23.0. The van der Waals surface area contributed by atoms with Gasteiger partial charge in [0.2, 0.25) is 0 Å². The van der Waals surface area contributed by atoms with Crippen molar-refractivity contribution in [1.82, 2.24) is 4.90 Å². The zero-order valence-corrected chi connectivity index (χ0v) is 18.7. The Morgan fingerprint density at radius 3 is 2.39 bits per heavy atom. The van der Waals surface area contributed by atoms with E-state index in [4.69, 9.17) is 16.3 Å². The van der Waals surface area contributed by atoms with E-state index < -0.39 is 28.3 Å². The first-order valence-corrected chi connectivity index (χ1v) is 12.2. The van der Waals surface area contributed by atoms with Gasteiger partial charge in [-0.25, -0.2) is 13.2 Å². The maximum Gasteiger partial charge on any atom is 0.339 e. The van der Waals surface area contributed by atoms with Crippen molar-refractivity contribution in [3.05, 3.63) is 70.7 Å². The second-order valence-corrected chi connectivity index (χ2v) is 9.95. The second kappa shape index (κ2) is 10.1. The van der Waals surface area contributed by atoms with Crippen molar-refractivity contribution >= 4 is 45.0 Å². The molecule has 31 heavy (non-hydrogen) atoms. The van der Waals surface area contributed by atoms with E-state index in [1.54, 1.807) is 37.3 Å². The van der Waals surface area contributed by atoms with Crippen molar-refractivity contribution in [3.8, 4) is 0 Å². The lowest BCUT2D eigenvalue weighted by Crippen LogP contribution is -2.43. The maximum atomic E-state index is 12.9. The molecule has 6 nitrogen and oxygen atoms in total. The summed E-state index contributed by atoms with van der Waals surface area (Å²) in [5, 5.41) is 0.538. The first-order chi connectivity index (χ1) is 14.8. The highest BCUT2D eigenvalue weighted by molar-refractivity contribution is 7.91. The molecule has 0 N–H and O–H groups in total. The summed E-state index contributed by atoms with van der Waals surface area (Å²) in [5.74, 6) is -1.03. The van der Waals surface area contributed by atoms with Gasteiger partial charge >= 0.3 is 5.97 Å². The number of rotatable bonds is 7. The molecule has 0 aromatic heterocycles. The predicted molar refractivity (Wildman–Crippen MR) is 121 cm³/mol. The molecule has 1 saturated heterocycles. The molecule has 8 heteroatoms. The zero-order chi connectivity index (χ0) is 22.4. The normalized spacial score (nSPS) is 17.9. The second-order valence-electron chi connectivity index (χ2n) is 7.29. The van der Waals surface area contributed by atoms with Gasteiger partial charge in [0.15, 0.2) is 16.4 Å². The third-order valence-electron chi connectivity index (χ3n) is 5.12. The molecule has 1 atom stereocenters. The molecule has 1 aliphatic rings. The van der Waals surface area contributed by atoms with E-state index in [0.29, 0.717) is 29.1 Å². The minimum Gasteiger partial charge on any atom is -0.452 e. The summed E-state index contributed by atoms with van der Waals surface area (Å²) in [4.78, 5) is 27.0. The molecule has 164 valence electrons. The molecule has 0 radical (unpaired) electrons. The summed E-state index contributed by atoms with van der Waals surface area (Å²) in [6.07, 6.45) is 2.09. The van der Waals surface area contributed by atoms with Crippen LogP contribution in [-0.4, -0.2) is 55.9 Å². The van der Waals surface area contributed by atoms with Crippen LogP contribution in [-0.2, 0) is 24.2 Å². The van der Waals surface area contributed by atoms with Crippen molar-refractivity contribution in [2.24, 2.45) is 0 Å². The van der Waals surface area contributed by atoms with E-state index in [9.17, 15) is 18.0 Å². The quantitative estimate of drug-likeness (QED) is 0.358. The standard InChI is InChI=1S/C23H24ClNO5S/c1-2-25(20-12-13-31(28,29)16-20)22(26)15-30-23(27)21(14-17-6-4-3-5-7-17)18-8-10-19(24)11-9-18/h3-11,14,20H,2,12-13,15-16H2,1H3/b21-14+. The Morgan fingerprint density at radius 2 is 1.81 bits per heavy atom. The Kier molecular flexibility index (Phi) is 7.51. The Morgan fingerprint density at radius 1 is 1.13 bits per heavy atom. The fraction of sp³-hybridized carbons (Fsp3) is 0.304. The molecular formula is C23H24ClNO5S. The highest BCUT2D eigenvalue weighted by Gasteiger charge is 2.34. The number of sulfone groups is 1. The number of halogens is 1. The molecule has 1 aliphatic heterocycles. The van der Waals surface area contributed by atoms with Gasteiger partial charge in [-0.15, -0.1) is 0 Å². The largest absolute Gasteiger partial charge is 0.452 e. The van der Waals surface area contributed by atoms with Gasteiger partial charge in [-0.2, -0.15) is 0 Å². The number of carbonyl (C=O) groups is 2. The lowest BCUT2D eigenvalue weighted by Gasteiger charge is -2.26. The Hall–Kier alpha value is -2.64. The third-order valence-corrected chi connectivity index (χ3v) is 7.12. The predicted octanol–water partition coefficient (Wildman–Crippen LogP) is 3.46. The van der Waals surface area contributed by atoms with Crippen molar-refractivity contribution in [1.29, 1.82) is 0 Å². The van der Waals surface area contributed by atoms with Gasteiger partial charge in [-0.05, 0) is 42.7 Å². The van der Waals surface area contributed by atoms with Gasteiger partial charge in [0, 0.05) is 17.6 Å². The summed E-state index contributed by atoms with van der Waals surface area (Å²) >= 11 is 5.96. The van der Waals surface area contributed by atoms with Crippen molar-refractivity contribution in [2.75, 3.05) is 24.7 Å². The number of likely N-dealkylation sites (N-methyl/N-ethyl adjacent to an activating group) is 1. The molecule has 1 amide bonds. The number of carbonyl (C=O) groups excluding carboxylic acids is 2. The van der Waals surface area contributed by atoms with Crippen LogP contribution in [0, 0.1) is 0 Å². The number of hydrogen-bond donors (Lipinski definition) is 0. The molecule has 1 unspecified atom stereocenters. The minimum absolute atomic E-state index is 0.0511. The molecule has 1 heterocycles. The minimum atomic E-state index is -3.12. The number of nitrogens with zero attached hydrogens (tertiary/aromatic N) is 1. The average molecular weight is 462 g/mol. The van der Waals surface area contributed by atoms with E-state index in [-0.39, 0.29) is 17.5 Å². The zero-order valence-electron chi connectivity index (χ0n) is 17.2. The maximum absolute atomic E-state index is 12.9. The van der Waals surface area contributed by atoms with Crippen molar-refractivity contribution in [3.63, 3.8) is 0 Å². The van der Waals surface area contributed by atoms with Crippen LogP contribution in [0.3, 0.4) is 0 Å². The molecule has 0 spiro atoms. The third kappa shape index (κ3) is 6.18. The lowest BCUT2D eigenvalue weighted by atomic mass is 10.0. The van der Waals surface area contributed by atoms with Crippen LogP contribution < -0.4 is 0 Å². The highest BCUT2D eigenvalue weighted by Crippen LogP contribution is 2.23. The van der Waals surface area contributed by atoms with Crippen molar-refractivity contribution in [2.45, 2.75) is 19.4 Å². The van der Waals surface area contributed by atoms with Crippen LogP contribution >= 0.6 is 11.6 Å².